The summed E-state index contributed by atoms with van der Waals surface area (Å²) in [6.07, 6.45) is 0.346. The van der Waals surface area contributed by atoms with Gasteiger partial charge in [0.2, 0.25) is 0 Å². The Bertz CT molecular complexity index is 1060. The number of benzene rings is 2. The highest BCUT2D eigenvalue weighted by molar-refractivity contribution is 8.04. The zero-order chi connectivity index (χ0) is 21.3. The molecule has 29 heavy (non-hydrogen) atoms. The van der Waals surface area contributed by atoms with Crippen molar-refractivity contribution in [2.24, 2.45) is 0 Å². The molecule has 5 nitrogen and oxygen atoms in total. The molecule has 0 fully saturated rings. The van der Waals surface area contributed by atoms with Crippen LogP contribution in [0.15, 0.2) is 64.0 Å². The van der Waals surface area contributed by atoms with Crippen molar-refractivity contribution < 1.29 is 18.3 Å². The van der Waals surface area contributed by atoms with Crippen LogP contribution in [0.5, 0.6) is 0 Å². The molecule has 0 aliphatic carbocycles. The fourth-order valence-electron chi connectivity index (χ4n) is 3.67. The summed E-state index contributed by atoms with van der Waals surface area (Å²) in [6.45, 7) is 7.22. The van der Waals surface area contributed by atoms with E-state index in [1.807, 2.05) is 43.3 Å². The second-order valence-electron chi connectivity index (χ2n) is 7.47. The van der Waals surface area contributed by atoms with Crippen molar-refractivity contribution in [2.45, 2.75) is 50.3 Å². The van der Waals surface area contributed by atoms with Crippen LogP contribution in [0.3, 0.4) is 0 Å². The Kier molecular flexibility index (Phi) is 6.10. The summed E-state index contributed by atoms with van der Waals surface area (Å²) >= 11 is 1.22. The first kappa shape index (κ1) is 21.5. The standard InChI is InChI=1S/C22H25NO4S2/c1-14(2)23(29(26,27)20-11-10-15(3)12-16(20)4)18-13-19(28-21(18)22(24)25)17-8-6-5-7-9-17/h5-12,14,19H,13H2,1-4H3,(H,24,25). The van der Waals surface area contributed by atoms with Crippen LogP contribution in [0.2, 0.25) is 0 Å². The number of hydrogen-bond acceptors (Lipinski definition) is 4. The molecule has 0 aromatic heterocycles. The van der Waals surface area contributed by atoms with Crippen LogP contribution in [0.25, 0.3) is 0 Å². The van der Waals surface area contributed by atoms with Crippen LogP contribution >= 0.6 is 11.8 Å². The number of carboxylic acid groups (broad SMARTS) is 1. The molecule has 1 heterocycles. The van der Waals surface area contributed by atoms with Crippen molar-refractivity contribution in [3.8, 4) is 0 Å². The maximum atomic E-state index is 13.6. The van der Waals surface area contributed by atoms with Gasteiger partial charge in [0.1, 0.15) is 4.91 Å². The highest BCUT2D eigenvalue weighted by Crippen LogP contribution is 2.50. The summed E-state index contributed by atoms with van der Waals surface area (Å²) in [5, 5.41) is 9.67. The summed E-state index contributed by atoms with van der Waals surface area (Å²) in [4.78, 5) is 12.3. The number of aryl methyl sites for hydroxylation is 2. The number of aliphatic carboxylic acids is 1. The van der Waals surface area contributed by atoms with Crippen LogP contribution in [0.1, 0.15) is 42.2 Å². The minimum Gasteiger partial charge on any atom is -0.477 e. The third-order valence-corrected chi connectivity index (χ3v) is 8.41. The van der Waals surface area contributed by atoms with Gasteiger partial charge in [0.05, 0.1) is 10.6 Å². The number of carbonyl (C=O) groups is 1. The van der Waals surface area contributed by atoms with Crippen molar-refractivity contribution in [1.82, 2.24) is 4.31 Å². The van der Waals surface area contributed by atoms with Gasteiger partial charge in [-0.15, -0.1) is 11.8 Å². The van der Waals surface area contributed by atoms with Crippen molar-refractivity contribution in [2.75, 3.05) is 0 Å². The Morgan fingerprint density at radius 1 is 1.14 bits per heavy atom. The van der Waals surface area contributed by atoms with Crippen LogP contribution in [0.4, 0.5) is 0 Å². The molecule has 1 atom stereocenters. The zero-order valence-corrected chi connectivity index (χ0v) is 18.5. The lowest BCUT2D eigenvalue weighted by molar-refractivity contribution is -0.131. The Morgan fingerprint density at radius 2 is 1.79 bits per heavy atom. The summed E-state index contributed by atoms with van der Waals surface area (Å²) in [6, 6.07) is 14.4. The molecule has 1 aliphatic rings. The number of thioether (sulfide) groups is 1. The summed E-state index contributed by atoms with van der Waals surface area (Å²) in [7, 11) is -3.90. The largest absolute Gasteiger partial charge is 0.477 e. The highest BCUT2D eigenvalue weighted by atomic mass is 32.2. The highest BCUT2D eigenvalue weighted by Gasteiger charge is 2.39. The Labute approximate surface area is 176 Å². The lowest BCUT2D eigenvalue weighted by Crippen LogP contribution is -2.37. The molecule has 3 rings (SSSR count). The van der Waals surface area contributed by atoms with Crippen molar-refractivity contribution >= 4 is 27.8 Å². The first-order valence-corrected chi connectivity index (χ1v) is 11.7. The average Bonchev–Trinajstić information content (AvgIpc) is 3.06. The van der Waals surface area contributed by atoms with Crippen molar-refractivity contribution in [3.05, 3.63) is 75.8 Å². The minimum atomic E-state index is -3.90. The zero-order valence-electron chi connectivity index (χ0n) is 16.9. The van der Waals surface area contributed by atoms with E-state index < -0.39 is 22.0 Å². The van der Waals surface area contributed by atoms with Gasteiger partial charge in [-0.25, -0.2) is 13.2 Å². The van der Waals surface area contributed by atoms with Gasteiger partial charge in [0.15, 0.2) is 0 Å². The SMILES string of the molecule is Cc1ccc(S(=O)(=O)N(C2=C(C(=O)O)SC(c3ccccc3)C2)C(C)C)c(C)c1. The molecule has 0 amide bonds. The Morgan fingerprint density at radius 3 is 2.34 bits per heavy atom. The summed E-state index contributed by atoms with van der Waals surface area (Å²) in [5.41, 5.74) is 2.96. The first-order chi connectivity index (χ1) is 13.6. The number of hydrogen-bond donors (Lipinski definition) is 1. The molecular weight excluding hydrogens is 406 g/mol. The van der Waals surface area contributed by atoms with Gasteiger partial charge >= 0.3 is 5.97 Å². The Balaban J connectivity index is 2.09. The van der Waals surface area contributed by atoms with Crippen LogP contribution in [-0.4, -0.2) is 29.8 Å². The third kappa shape index (κ3) is 4.21. The maximum absolute atomic E-state index is 13.6. The van der Waals surface area contributed by atoms with E-state index in [0.717, 1.165) is 11.1 Å². The summed E-state index contributed by atoms with van der Waals surface area (Å²) < 4.78 is 28.5. The molecule has 0 radical (unpaired) electrons. The van der Waals surface area contributed by atoms with Gasteiger partial charge in [-0.3, -0.25) is 4.31 Å². The molecule has 0 saturated carbocycles. The van der Waals surface area contributed by atoms with Crippen LogP contribution < -0.4 is 0 Å². The predicted molar refractivity (Wildman–Crippen MR) is 116 cm³/mol. The predicted octanol–water partition coefficient (Wildman–Crippen LogP) is 4.88. The molecule has 2 aromatic rings. The second kappa shape index (κ2) is 8.24. The molecule has 1 N–H and O–H groups in total. The molecule has 1 unspecified atom stereocenters. The molecule has 0 bridgehead atoms. The van der Waals surface area contributed by atoms with E-state index in [1.165, 1.54) is 16.1 Å². The fourth-order valence-corrected chi connectivity index (χ4v) is 6.89. The maximum Gasteiger partial charge on any atom is 0.344 e. The third-order valence-electron chi connectivity index (χ3n) is 4.87. The van der Waals surface area contributed by atoms with E-state index in [2.05, 4.69) is 0 Å². The minimum absolute atomic E-state index is 0.0980. The average molecular weight is 432 g/mol. The molecular formula is C22H25NO4S2. The number of nitrogens with zero attached hydrogens (tertiary/aromatic N) is 1. The molecule has 2 aromatic carbocycles. The lowest BCUT2D eigenvalue weighted by atomic mass is 10.1. The number of sulfonamides is 1. The van der Waals surface area contributed by atoms with E-state index >= 15 is 0 Å². The monoisotopic (exact) mass is 431 g/mol. The smallest absolute Gasteiger partial charge is 0.344 e. The quantitative estimate of drug-likeness (QED) is 0.706. The molecule has 1 aliphatic heterocycles. The van der Waals surface area contributed by atoms with Gasteiger partial charge in [0.25, 0.3) is 10.0 Å². The normalized spacial score (nSPS) is 17.1. The van der Waals surface area contributed by atoms with E-state index in [9.17, 15) is 18.3 Å². The topological polar surface area (TPSA) is 74.7 Å². The molecule has 0 spiro atoms. The van der Waals surface area contributed by atoms with Gasteiger partial charge in [-0.1, -0.05) is 48.0 Å². The van der Waals surface area contributed by atoms with Crippen molar-refractivity contribution in [1.29, 1.82) is 0 Å². The van der Waals surface area contributed by atoms with E-state index in [-0.39, 0.29) is 15.1 Å². The van der Waals surface area contributed by atoms with Crippen LogP contribution in [-0.2, 0) is 14.8 Å². The van der Waals surface area contributed by atoms with Crippen LogP contribution in [0, 0.1) is 13.8 Å². The van der Waals surface area contributed by atoms with Crippen molar-refractivity contribution in [3.63, 3.8) is 0 Å². The molecule has 7 heteroatoms. The molecule has 154 valence electrons. The number of carboxylic acids is 1. The Hall–Kier alpha value is -2.25. The second-order valence-corrected chi connectivity index (χ2v) is 10.5. The van der Waals surface area contributed by atoms with Gasteiger partial charge in [-0.2, -0.15) is 0 Å². The first-order valence-electron chi connectivity index (χ1n) is 9.42. The van der Waals surface area contributed by atoms with E-state index in [4.69, 9.17) is 0 Å². The van der Waals surface area contributed by atoms with Gasteiger partial charge in [0, 0.05) is 17.7 Å². The number of allylic oxidation sites excluding steroid dienone is 1. The summed E-state index contributed by atoms with van der Waals surface area (Å²) in [5.74, 6) is -1.09. The van der Waals surface area contributed by atoms with Gasteiger partial charge in [-0.05, 0) is 44.9 Å². The lowest BCUT2D eigenvalue weighted by Gasteiger charge is -2.30. The fraction of sp³-hybridized carbons (Fsp3) is 0.318. The molecule has 0 saturated heterocycles. The van der Waals surface area contributed by atoms with E-state index in [0.29, 0.717) is 17.7 Å². The number of rotatable bonds is 6. The van der Waals surface area contributed by atoms with Gasteiger partial charge < -0.3 is 5.11 Å². The van der Waals surface area contributed by atoms with E-state index in [1.54, 1.807) is 32.9 Å².